The van der Waals surface area contributed by atoms with Gasteiger partial charge in [0.2, 0.25) is 17.4 Å². The van der Waals surface area contributed by atoms with Gasteiger partial charge < -0.3 is 10.2 Å². The summed E-state index contributed by atoms with van der Waals surface area (Å²) in [6.07, 6.45) is 6.24. The molecule has 0 unspecified atom stereocenters. The Morgan fingerprint density at radius 1 is 1.20 bits per heavy atom. The number of carbonyl (C=O) groups excluding carboxylic acids is 3. The van der Waals surface area contributed by atoms with E-state index in [1.165, 1.54) is 4.90 Å². The standard InChI is InChI=1S/C23H29N3O3S/c1-4-6-13-26-20(27)18-16(11-14-30-3)24-23(19(18)21(26)28)15-9-7-8-10-17(15)25(12-5-2)22(23)29/h5,7-10,16,18-19,24H,2,4,6,11-14H2,1,3H3/p+1/t16-,18-,19+,23-/m1/s1. The molecular formula is C23H30N3O3S+. The highest BCUT2D eigenvalue weighted by atomic mass is 32.2. The fraction of sp³-hybridized carbons (Fsp3) is 0.522. The van der Waals surface area contributed by atoms with E-state index in [0.29, 0.717) is 13.1 Å². The lowest BCUT2D eigenvalue weighted by atomic mass is 9.76. The van der Waals surface area contributed by atoms with Gasteiger partial charge in [0.05, 0.1) is 5.69 Å². The molecule has 1 spiro atoms. The second kappa shape index (κ2) is 8.19. The summed E-state index contributed by atoms with van der Waals surface area (Å²) in [5.74, 6) is -0.554. The average Bonchev–Trinajstić information content (AvgIpc) is 3.31. The number of hydrogen-bond donors (Lipinski definition) is 1. The number of para-hydroxylation sites is 1. The molecule has 1 aromatic rings. The van der Waals surface area contributed by atoms with Crippen LogP contribution >= 0.6 is 11.8 Å². The minimum Gasteiger partial charge on any atom is -0.326 e. The van der Waals surface area contributed by atoms with Crippen molar-refractivity contribution in [3.63, 3.8) is 0 Å². The topological polar surface area (TPSA) is 74.3 Å². The molecule has 160 valence electrons. The number of unbranched alkanes of at least 4 members (excludes halogenated alkanes) is 1. The highest BCUT2D eigenvalue weighted by Crippen LogP contribution is 2.51. The van der Waals surface area contributed by atoms with Crippen LogP contribution in [0.4, 0.5) is 5.69 Å². The fourth-order valence-electron chi connectivity index (χ4n) is 5.54. The molecule has 0 saturated carbocycles. The first-order chi connectivity index (χ1) is 14.5. The predicted molar refractivity (Wildman–Crippen MR) is 118 cm³/mol. The SMILES string of the molecule is C=CCN1C(=O)[C@@]2([NH2+][C@H](CCSC)[C@H]3C(=O)N(CCCC)C(=O)[C@H]32)c2ccccc21. The van der Waals surface area contributed by atoms with Gasteiger partial charge in [-0.15, -0.1) is 6.58 Å². The monoisotopic (exact) mass is 428 g/mol. The van der Waals surface area contributed by atoms with Crippen LogP contribution in [-0.4, -0.2) is 53.8 Å². The number of likely N-dealkylation sites (tertiary alicyclic amines) is 1. The molecule has 3 aliphatic heterocycles. The molecule has 0 aromatic heterocycles. The normalized spacial score (nSPS) is 29.8. The van der Waals surface area contributed by atoms with Gasteiger partial charge in [0.25, 0.3) is 5.91 Å². The molecule has 3 heterocycles. The Labute approximate surface area is 182 Å². The lowest BCUT2D eigenvalue weighted by Crippen LogP contribution is -2.99. The van der Waals surface area contributed by atoms with E-state index in [1.54, 1.807) is 22.7 Å². The molecular weight excluding hydrogens is 398 g/mol. The third kappa shape index (κ3) is 2.86. The Kier molecular flexibility index (Phi) is 5.77. The first-order valence-electron chi connectivity index (χ1n) is 10.8. The zero-order valence-electron chi connectivity index (χ0n) is 17.7. The minimum absolute atomic E-state index is 0.0776. The van der Waals surface area contributed by atoms with E-state index in [9.17, 15) is 14.4 Å². The number of benzene rings is 1. The van der Waals surface area contributed by atoms with Crippen molar-refractivity contribution in [3.8, 4) is 0 Å². The van der Waals surface area contributed by atoms with Crippen LogP contribution in [0.2, 0.25) is 0 Å². The number of nitrogens with two attached hydrogens (primary N) is 1. The van der Waals surface area contributed by atoms with E-state index >= 15 is 0 Å². The molecule has 3 amide bonds. The molecule has 2 saturated heterocycles. The van der Waals surface area contributed by atoms with Gasteiger partial charge in [-0.1, -0.05) is 37.6 Å². The van der Waals surface area contributed by atoms with E-state index in [-0.39, 0.29) is 23.8 Å². The Hall–Kier alpha value is -2.12. The van der Waals surface area contributed by atoms with Crippen LogP contribution in [0.5, 0.6) is 0 Å². The maximum atomic E-state index is 13.9. The average molecular weight is 429 g/mol. The molecule has 0 radical (unpaired) electrons. The lowest BCUT2D eigenvalue weighted by molar-refractivity contribution is -0.733. The van der Waals surface area contributed by atoms with Gasteiger partial charge in [-0.25, -0.2) is 0 Å². The number of quaternary nitrogens is 1. The predicted octanol–water partition coefficient (Wildman–Crippen LogP) is 1.51. The van der Waals surface area contributed by atoms with Crippen LogP contribution in [0.25, 0.3) is 0 Å². The van der Waals surface area contributed by atoms with Gasteiger partial charge in [0.15, 0.2) is 0 Å². The summed E-state index contributed by atoms with van der Waals surface area (Å²) in [6.45, 7) is 6.69. The molecule has 1 aromatic carbocycles. The van der Waals surface area contributed by atoms with Gasteiger partial charge in [-0.3, -0.25) is 19.3 Å². The molecule has 4 atom stereocenters. The van der Waals surface area contributed by atoms with Crippen LogP contribution < -0.4 is 10.2 Å². The third-order valence-electron chi connectivity index (χ3n) is 6.81. The van der Waals surface area contributed by atoms with Crippen molar-refractivity contribution in [2.75, 3.05) is 30.0 Å². The van der Waals surface area contributed by atoms with Gasteiger partial charge >= 0.3 is 0 Å². The van der Waals surface area contributed by atoms with Crippen molar-refractivity contribution in [2.45, 2.75) is 37.8 Å². The molecule has 0 bridgehead atoms. The summed E-state index contributed by atoms with van der Waals surface area (Å²) in [7, 11) is 0. The molecule has 6 nitrogen and oxygen atoms in total. The Balaban J connectivity index is 1.83. The van der Waals surface area contributed by atoms with Gasteiger partial charge in [-0.2, -0.15) is 11.8 Å². The number of hydrogen-bond acceptors (Lipinski definition) is 4. The number of thioether (sulfide) groups is 1. The zero-order chi connectivity index (χ0) is 21.5. The van der Waals surface area contributed by atoms with E-state index in [2.05, 4.69) is 11.9 Å². The van der Waals surface area contributed by atoms with E-state index < -0.39 is 17.4 Å². The maximum Gasteiger partial charge on any atom is 0.294 e. The second-order valence-corrected chi connectivity index (χ2v) is 9.37. The van der Waals surface area contributed by atoms with Crippen molar-refractivity contribution in [1.82, 2.24) is 4.90 Å². The van der Waals surface area contributed by atoms with Crippen molar-refractivity contribution in [3.05, 3.63) is 42.5 Å². The van der Waals surface area contributed by atoms with Crippen LogP contribution in [0.3, 0.4) is 0 Å². The smallest absolute Gasteiger partial charge is 0.294 e. The molecule has 7 heteroatoms. The first kappa shape index (κ1) is 21.1. The van der Waals surface area contributed by atoms with Gasteiger partial charge in [0.1, 0.15) is 17.9 Å². The molecule has 0 aliphatic carbocycles. The Morgan fingerprint density at radius 2 is 1.97 bits per heavy atom. The minimum atomic E-state index is -1.05. The zero-order valence-corrected chi connectivity index (χ0v) is 18.5. The van der Waals surface area contributed by atoms with Gasteiger partial charge in [0, 0.05) is 25.1 Å². The van der Waals surface area contributed by atoms with E-state index in [0.717, 1.165) is 36.3 Å². The Bertz CT molecular complexity index is 888. The second-order valence-electron chi connectivity index (χ2n) is 8.39. The quantitative estimate of drug-likeness (QED) is 0.503. The van der Waals surface area contributed by atoms with Crippen molar-refractivity contribution < 1.29 is 19.7 Å². The summed E-state index contributed by atoms with van der Waals surface area (Å²) >= 11 is 1.73. The number of rotatable bonds is 8. The van der Waals surface area contributed by atoms with Crippen LogP contribution in [0.1, 0.15) is 31.7 Å². The summed E-state index contributed by atoms with van der Waals surface area (Å²) in [6, 6.07) is 7.63. The highest BCUT2D eigenvalue weighted by molar-refractivity contribution is 7.98. The summed E-state index contributed by atoms with van der Waals surface area (Å²) in [4.78, 5) is 44.0. The lowest BCUT2D eigenvalue weighted by Gasteiger charge is -2.27. The van der Waals surface area contributed by atoms with Gasteiger partial charge in [-0.05, 0) is 24.5 Å². The van der Waals surface area contributed by atoms with Crippen LogP contribution in [0, 0.1) is 11.8 Å². The van der Waals surface area contributed by atoms with E-state index in [4.69, 9.17) is 0 Å². The van der Waals surface area contributed by atoms with Crippen molar-refractivity contribution >= 4 is 35.2 Å². The van der Waals surface area contributed by atoms with Crippen molar-refractivity contribution in [1.29, 1.82) is 0 Å². The molecule has 30 heavy (non-hydrogen) atoms. The van der Waals surface area contributed by atoms with E-state index in [1.807, 2.05) is 37.4 Å². The number of fused-ring (bicyclic) bond motifs is 4. The number of anilines is 1. The fourth-order valence-corrected chi connectivity index (χ4v) is 6.05. The summed E-state index contributed by atoms with van der Waals surface area (Å²) in [5, 5.41) is 2.05. The third-order valence-corrected chi connectivity index (χ3v) is 7.46. The number of imide groups is 1. The highest BCUT2D eigenvalue weighted by Gasteiger charge is 2.74. The first-order valence-corrected chi connectivity index (χ1v) is 12.1. The Morgan fingerprint density at radius 3 is 2.67 bits per heavy atom. The number of carbonyl (C=O) groups is 3. The summed E-state index contributed by atoms with van der Waals surface area (Å²) in [5.41, 5.74) is 0.633. The summed E-state index contributed by atoms with van der Waals surface area (Å²) < 4.78 is 0. The number of nitrogens with zero attached hydrogens (tertiary/aromatic N) is 2. The maximum absolute atomic E-state index is 13.9. The van der Waals surface area contributed by atoms with Crippen LogP contribution in [-0.2, 0) is 19.9 Å². The number of amides is 3. The van der Waals surface area contributed by atoms with Crippen LogP contribution in [0.15, 0.2) is 36.9 Å². The molecule has 2 N–H and O–H groups in total. The largest absolute Gasteiger partial charge is 0.326 e. The molecule has 2 fully saturated rings. The van der Waals surface area contributed by atoms with Crippen molar-refractivity contribution in [2.24, 2.45) is 11.8 Å². The molecule has 4 rings (SSSR count). The molecule has 3 aliphatic rings.